The Morgan fingerprint density at radius 2 is 1.84 bits per heavy atom. The molecule has 19 heavy (non-hydrogen) atoms. The Bertz CT molecular complexity index is 593. The minimum Gasteiger partial charge on any atom is -0.496 e. The molecule has 0 radical (unpaired) electrons. The zero-order chi connectivity index (χ0) is 13.8. The van der Waals surface area contributed by atoms with Gasteiger partial charge in [0.1, 0.15) is 5.75 Å². The number of benzene rings is 2. The average Bonchev–Trinajstić information content (AvgIpc) is 2.45. The molecule has 2 aromatic carbocycles. The lowest BCUT2D eigenvalue weighted by atomic mass is 10.1. The molecule has 0 fully saturated rings. The van der Waals surface area contributed by atoms with Crippen LogP contribution >= 0.6 is 0 Å². The first kappa shape index (κ1) is 13.1. The zero-order valence-corrected chi connectivity index (χ0v) is 11.4. The minimum absolute atomic E-state index is 0.0805. The first-order valence-electron chi connectivity index (χ1n) is 6.11. The van der Waals surface area contributed by atoms with Crippen molar-refractivity contribution in [2.45, 2.75) is 6.92 Å². The van der Waals surface area contributed by atoms with Crippen LogP contribution in [0.5, 0.6) is 5.75 Å². The SMILES string of the molecule is COc1ccccc1C(=O)N(C)c1cccc(C)c1. The van der Waals surface area contributed by atoms with Gasteiger partial charge in [-0.3, -0.25) is 4.79 Å². The lowest BCUT2D eigenvalue weighted by molar-refractivity contribution is 0.0990. The van der Waals surface area contributed by atoms with E-state index in [9.17, 15) is 4.79 Å². The smallest absolute Gasteiger partial charge is 0.261 e. The molecule has 2 rings (SSSR count). The summed E-state index contributed by atoms with van der Waals surface area (Å²) in [7, 11) is 3.34. The van der Waals surface area contributed by atoms with E-state index in [1.54, 1.807) is 31.2 Å². The minimum atomic E-state index is -0.0805. The van der Waals surface area contributed by atoms with E-state index in [1.165, 1.54) is 0 Å². The van der Waals surface area contributed by atoms with Gasteiger partial charge in [-0.25, -0.2) is 0 Å². The number of hydrogen-bond acceptors (Lipinski definition) is 2. The first-order chi connectivity index (χ1) is 9.13. The fraction of sp³-hybridized carbons (Fsp3) is 0.188. The van der Waals surface area contributed by atoms with E-state index in [2.05, 4.69) is 0 Å². The van der Waals surface area contributed by atoms with Crippen LogP contribution in [0.25, 0.3) is 0 Å². The lowest BCUT2D eigenvalue weighted by Gasteiger charge is -2.19. The highest BCUT2D eigenvalue weighted by atomic mass is 16.5. The Labute approximate surface area is 113 Å². The van der Waals surface area contributed by atoms with Crippen molar-refractivity contribution in [3.8, 4) is 5.75 Å². The Balaban J connectivity index is 2.33. The van der Waals surface area contributed by atoms with Crippen LogP contribution in [0, 0.1) is 6.92 Å². The summed E-state index contributed by atoms with van der Waals surface area (Å²) in [5, 5.41) is 0. The molecule has 0 aliphatic rings. The van der Waals surface area contributed by atoms with Crippen molar-refractivity contribution in [3.05, 3.63) is 59.7 Å². The van der Waals surface area contributed by atoms with Crippen molar-refractivity contribution in [2.75, 3.05) is 19.1 Å². The third-order valence-corrected chi connectivity index (χ3v) is 3.03. The van der Waals surface area contributed by atoms with Gasteiger partial charge in [0.2, 0.25) is 0 Å². The number of aryl methyl sites for hydroxylation is 1. The maximum Gasteiger partial charge on any atom is 0.261 e. The predicted octanol–water partition coefficient (Wildman–Crippen LogP) is 3.28. The number of para-hydroxylation sites is 1. The quantitative estimate of drug-likeness (QED) is 0.842. The summed E-state index contributed by atoms with van der Waals surface area (Å²) in [6, 6.07) is 15.1. The Kier molecular flexibility index (Phi) is 3.85. The predicted molar refractivity (Wildman–Crippen MR) is 76.9 cm³/mol. The van der Waals surface area contributed by atoms with Crippen LogP contribution in [0.4, 0.5) is 5.69 Å². The molecule has 0 bridgehead atoms. The fourth-order valence-corrected chi connectivity index (χ4v) is 1.96. The monoisotopic (exact) mass is 255 g/mol. The maximum absolute atomic E-state index is 12.5. The first-order valence-corrected chi connectivity index (χ1v) is 6.11. The van der Waals surface area contributed by atoms with E-state index in [1.807, 2.05) is 43.3 Å². The van der Waals surface area contributed by atoms with Gasteiger partial charge in [0.25, 0.3) is 5.91 Å². The number of methoxy groups -OCH3 is 1. The maximum atomic E-state index is 12.5. The van der Waals surface area contributed by atoms with Crippen molar-refractivity contribution in [3.63, 3.8) is 0 Å². The third-order valence-electron chi connectivity index (χ3n) is 3.03. The highest BCUT2D eigenvalue weighted by molar-refractivity contribution is 6.07. The Morgan fingerprint density at radius 1 is 1.11 bits per heavy atom. The molecule has 98 valence electrons. The van der Waals surface area contributed by atoms with Crippen molar-refractivity contribution in [1.82, 2.24) is 0 Å². The van der Waals surface area contributed by atoms with Gasteiger partial charge in [-0.2, -0.15) is 0 Å². The molecule has 0 aliphatic heterocycles. The number of ether oxygens (including phenoxy) is 1. The van der Waals surface area contributed by atoms with Gasteiger partial charge in [0.15, 0.2) is 0 Å². The molecule has 0 heterocycles. The molecular formula is C16H17NO2. The van der Waals surface area contributed by atoms with Gasteiger partial charge in [-0.05, 0) is 36.8 Å². The highest BCUT2D eigenvalue weighted by Gasteiger charge is 2.17. The second kappa shape index (κ2) is 5.57. The summed E-state index contributed by atoms with van der Waals surface area (Å²) in [6.45, 7) is 2.00. The molecule has 3 nitrogen and oxygen atoms in total. The van der Waals surface area contributed by atoms with E-state index in [0.29, 0.717) is 11.3 Å². The normalized spacial score (nSPS) is 10.1. The molecule has 3 heteroatoms. The van der Waals surface area contributed by atoms with Crippen molar-refractivity contribution in [2.24, 2.45) is 0 Å². The molecule has 1 amide bonds. The van der Waals surface area contributed by atoms with Crippen LogP contribution in [0.15, 0.2) is 48.5 Å². The number of amides is 1. The number of anilines is 1. The van der Waals surface area contributed by atoms with Crippen LogP contribution in [0.1, 0.15) is 15.9 Å². The molecule has 0 unspecified atom stereocenters. The molecule has 0 aliphatic carbocycles. The van der Waals surface area contributed by atoms with Gasteiger partial charge >= 0.3 is 0 Å². The van der Waals surface area contributed by atoms with E-state index >= 15 is 0 Å². The van der Waals surface area contributed by atoms with E-state index in [0.717, 1.165) is 11.3 Å². The van der Waals surface area contributed by atoms with E-state index in [-0.39, 0.29) is 5.91 Å². The van der Waals surface area contributed by atoms with Crippen molar-refractivity contribution in [1.29, 1.82) is 0 Å². The Hall–Kier alpha value is -2.29. The topological polar surface area (TPSA) is 29.5 Å². The van der Waals surface area contributed by atoms with Crippen molar-refractivity contribution < 1.29 is 9.53 Å². The molecule has 0 spiro atoms. The second-order valence-corrected chi connectivity index (χ2v) is 4.40. The highest BCUT2D eigenvalue weighted by Crippen LogP contribution is 2.22. The summed E-state index contributed by atoms with van der Waals surface area (Å²) < 4.78 is 5.23. The molecule has 0 atom stereocenters. The van der Waals surface area contributed by atoms with Crippen LogP contribution < -0.4 is 9.64 Å². The summed E-state index contributed by atoms with van der Waals surface area (Å²) in [4.78, 5) is 14.1. The van der Waals surface area contributed by atoms with Crippen LogP contribution in [0.3, 0.4) is 0 Å². The van der Waals surface area contributed by atoms with E-state index < -0.39 is 0 Å². The largest absolute Gasteiger partial charge is 0.496 e. The lowest BCUT2D eigenvalue weighted by Crippen LogP contribution is -2.26. The van der Waals surface area contributed by atoms with Crippen LogP contribution in [-0.2, 0) is 0 Å². The van der Waals surface area contributed by atoms with Crippen LogP contribution in [-0.4, -0.2) is 20.1 Å². The van der Waals surface area contributed by atoms with E-state index in [4.69, 9.17) is 4.74 Å². The van der Waals surface area contributed by atoms with Crippen molar-refractivity contribution >= 4 is 11.6 Å². The molecular weight excluding hydrogens is 238 g/mol. The molecule has 0 aromatic heterocycles. The number of nitrogens with zero attached hydrogens (tertiary/aromatic N) is 1. The molecule has 0 saturated heterocycles. The molecule has 2 aromatic rings. The number of carbonyl (C=O) groups is 1. The number of rotatable bonds is 3. The van der Waals surface area contributed by atoms with Gasteiger partial charge in [0, 0.05) is 12.7 Å². The van der Waals surface area contributed by atoms with Crippen LogP contribution in [0.2, 0.25) is 0 Å². The molecule has 0 N–H and O–H groups in total. The fourth-order valence-electron chi connectivity index (χ4n) is 1.96. The third kappa shape index (κ3) is 2.76. The Morgan fingerprint density at radius 3 is 2.53 bits per heavy atom. The number of hydrogen-bond donors (Lipinski definition) is 0. The number of carbonyl (C=O) groups excluding carboxylic acids is 1. The zero-order valence-electron chi connectivity index (χ0n) is 11.4. The summed E-state index contributed by atoms with van der Waals surface area (Å²) in [5.41, 5.74) is 2.56. The summed E-state index contributed by atoms with van der Waals surface area (Å²) in [6.07, 6.45) is 0. The van der Waals surface area contributed by atoms with Gasteiger partial charge in [0.05, 0.1) is 12.7 Å². The van der Waals surface area contributed by atoms with Gasteiger partial charge in [-0.1, -0.05) is 24.3 Å². The van der Waals surface area contributed by atoms with Gasteiger partial charge in [-0.15, -0.1) is 0 Å². The average molecular weight is 255 g/mol. The molecule has 0 saturated carbocycles. The standard InChI is InChI=1S/C16H17NO2/c1-12-7-6-8-13(11-12)17(2)16(18)14-9-4-5-10-15(14)19-3/h4-11H,1-3H3. The van der Waals surface area contributed by atoms with Gasteiger partial charge < -0.3 is 9.64 Å². The summed E-state index contributed by atoms with van der Waals surface area (Å²) >= 11 is 0. The summed E-state index contributed by atoms with van der Waals surface area (Å²) in [5.74, 6) is 0.509. The second-order valence-electron chi connectivity index (χ2n) is 4.40.